The molecule has 0 aromatic carbocycles. The molecule has 6 atom stereocenters. The van der Waals surface area contributed by atoms with Gasteiger partial charge in [-0.05, 0) is 49.4 Å². The van der Waals surface area contributed by atoms with E-state index in [0.29, 0.717) is 0 Å². The molecule has 0 amide bonds. The van der Waals surface area contributed by atoms with Crippen molar-refractivity contribution >= 4 is 45.2 Å². The minimum Gasteiger partial charge on any atom is -0.0823 e. The molecule has 0 bridgehead atoms. The molecule has 2 heteroatoms. The monoisotopic (exact) mass is 418 g/mol. The molecule has 0 radical (unpaired) electrons. The van der Waals surface area contributed by atoms with E-state index in [9.17, 15) is 0 Å². The quantitative estimate of drug-likeness (QED) is 0.396. The molecule has 0 heterocycles. The lowest BCUT2D eigenvalue weighted by Gasteiger charge is -2.46. The summed E-state index contributed by atoms with van der Waals surface area (Å²) in [5, 5.41) is 0. The van der Waals surface area contributed by atoms with Crippen molar-refractivity contribution in [3.63, 3.8) is 0 Å². The summed E-state index contributed by atoms with van der Waals surface area (Å²) in [6.07, 6.45) is 5.95. The molecular weight excluding hydrogens is 398 g/mol. The smallest absolute Gasteiger partial charge is 0.0143 e. The van der Waals surface area contributed by atoms with Crippen LogP contribution in [0.3, 0.4) is 0 Å². The van der Waals surface area contributed by atoms with Crippen LogP contribution >= 0.6 is 45.2 Å². The minimum absolute atomic E-state index is 0.960. The van der Waals surface area contributed by atoms with Crippen molar-refractivity contribution < 1.29 is 0 Å². The molecule has 82 valence electrons. The first kappa shape index (κ1) is 11.9. The first-order chi connectivity index (χ1) is 6.58. The van der Waals surface area contributed by atoms with Crippen molar-refractivity contribution in [2.75, 3.05) is 0 Å². The highest BCUT2D eigenvalue weighted by molar-refractivity contribution is 14.1. The van der Waals surface area contributed by atoms with E-state index < -0.39 is 0 Å². The number of rotatable bonds is 0. The van der Waals surface area contributed by atoms with Gasteiger partial charge in [0, 0.05) is 7.85 Å². The maximum atomic E-state index is 2.72. The van der Waals surface area contributed by atoms with Gasteiger partial charge in [0.05, 0.1) is 0 Å². The lowest BCUT2D eigenvalue weighted by molar-refractivity contribution is 0.132. The summed E-state index contributed by atoms with van der Waals surface area (Å²) in [6, 6.07) is 0. The summed E-state index contributed by atoms with van der Waals surface area (Å²) in [6.45, 7) is 4.90. The number of hydrogen-bond acceptors (Lipinski definition) is 0. The van der Waals surface area contributed by atoms with Gasteiger partial charge in [-0.1, -0.05) is 59.0 Å². The van der Waals surface area contributed by atoms with Crippen LogP contribution in [0, 0.1) is 23.7 Å². The topological polar surface area (TPSA) is 0 Å². The Morgan fingerprint density at radius 3 is 1.43 bits per heavy atom. The molecule has 0 aliphatic heterocycles. The van der Waals surface area contributed by atoms with Crippen molar-refractivity contribution in [3.05, 3.63) is 0 Å². The first-order valence-electron chi connectivity index (χ1n) is 5.86. The SMILES string of the molecule is CC1CC(I)C2CC(C)CC(I)C2C1. The van der Waals surface area contributed by atoms with Gasteiger partial charge in [0.1, 0.15) is 0 Å². The van der Waals surface area contributed by atoms with E-state index in [1.807, 2.05) is 0 Å². The third-order valence-corrected chi connectivity index (χ3v) is 6.95. The van der Waals surface area contributed by atoms with Crippen LogP contribution in [0.15, 0.2) is 0 Å². The maximum Gasteiger partial charge on any atom is 0.0143 e. The Hall–Kier alpha value is 1.46. The average Bonchev–Trinajstić information content (AvgIpc) is 2.07. The number of hydrogen-bond donors (Lipinski definition) is 0. The van der Waals surface area contributed by atoms with Crippen LogP contribution in [0.5, 0.6) is 0 Å². The first-order valence-corrected chi connectivity index (χ1v) is 8.35. The molecule has 0 spiro atoms. The van der Waals surface area contributed by atoms with Crippen molar-refractivity contribution in [1.82, 2.24) is 0 Å². The van der Waals surface area contributed by atoms with Crippen LogP contribution in [0.2, 0.25) is 0 Å². The van der Waals surface area contributed by atoms with Gasteiger partial charge in [-0.2, -0.15) is 0 Å². The molecule has 0 N–H and O–H groups in total. The molecule has 2 aliphatic rings. The third kappa shape index (κ3) is 2.41. The summed E-state index contributed by atoms with van der Waals surface area (Å²) >= 11 is 5.45. The van der Waals surface area contributed by atoms with E-state index in [2.05, 4.69) is 59.0 Å². The zero-order chi connectivity index (χ0) is 10.3. The fraction of sp³-hybridized carbons (Fsp3) is 1.00. The predicted octanol–water partition coefficient (Wildman–Crippen LogP) is 4.69. The fourth-order valence-corrected chi connectivity index (χ4v) is 6.81. The van der Waals surface area contributed by atoms with Crippen molar-refractivity contribution in [1.29, 1.82) is 0 Å². The summed E-state index contributed by atoms with van der Waals surface area (Å²) in [5.41, 5.74) is 0. The Morgan fingerprint density at radius 2 is 1.07 bits per heavy atom. The second-order valence-electron chi connectivity index (χ2n) is 5.51. The van der Waals surface area contributed by atoms with Gasteiger partial charge >= 0.3 is 0 Å². The molecule has 0 aromatic rings. The maximum absolute atomic E-state index is 2.72. The van der Waals surface area contributed by atoms with Crippen molar-refractivity contribution in [3.8, 4) is 0 Å². The van der Waals surface area contributed by atoms with Crippen LogP contribution in [0.1, 0.15) is 39.5 Å². The Labute approximate surface area is 115 Å². The Morgan fingerprint density at radius 1 is 0.714 bits per heavy atom. The predicted molar refractivity (Wildman–Crippen MR) is 79.4 cm³/mol. The van der Waals surface area contributed by atoms with Crippen LogP contribution in [-0.4, -0.2) is 7.85 Å². The lowest BCUT2D eigenvalue weighted by Crippen LogP contribution is -2.41. The second kappa shape index (κ2) is 4.76. The molecule has 0 nitrogen and oxygen atoms in total. The summed E-state index contributed by atoms with van der Waals surface area (Å²) in [5.74, 6) is 4.03. The van der Waals surface area contributed by atoms with Crippen molar-refractivity contribution in [2.45, 2.75) is 47.4 Å². The van der Waals surface area contributed by atoms with E-state index >= 15 is 0 Å². The Bertz CT molecular complexity index is 182. The largest absolute Gasteiger partial charge is 0.0823 e. The van der Waals surface area contributed by atoms with Crippen LogP contribution in [0.25, 0.3) is 0 Å². The van der Waals surface area contributed by atoms with E-state index in [1.165, 1.54) is 25.7 Å². The zero-order valence-electron chi connectivity index (χ0n) is 9.05. The summed E-state index contributed by atoms with van der Waals surface area (Å²) in [4.78, 5) is 0. The highest BCUT2D eigenvalue weighted by Crippen LogP contribution is 2.49. The number of fused-ring (bicyclic) bond motifs is 1. The highest BCUT2D eigenvalue weighted by Gasteiger charge is 2.42. The van der Waals surface area contributed by atoms with Crippen LogP contribution in [0.4, 0.5) is 0 Å². The van der Waals surface area contributed by atoms with Gasteiger partial charge in [-0.3, -0.25) is 0 Å². The van der Waals surface area contributed by atoms with Crippen molar-refractivity contribution in [2.24, 2.45) is 23.7 Å². The van der Waals surface area contributed by atoms with Gasteiger partial charge in [0.2, 0.25) is 0 Å². The van der Waals surface area contributed by atoms with Crippen LogP contribution in [-0.2, 0) is 0 Å². The number of halogens is 2. The molecule has 2 rings (SSSR count). The molecule has 0 aromatic heterocycles. The van der Waals surface area contributed by atoms with E-state index in [0.717, 1.165) is 31.5 Å². The van der Waals surface area contributed by atoms with E-state index in [1.54, 1.807) is 0 Å². The second-order valence-corrected chi connectivity index (χ2v) is 8.71. The molecule has 2 saturated carbocycles. The van der Waals surface area contributed by atoms with Gasteiger partial charge < -0.3 is 0 Å². The zero-order valence-corrected chi connectivity index (χ0v) is 13.4. The van der Waals surface area contributed by atoms with Gasteiger partial charge in [-0.25, -0.2) is 0 Å². The average molecular weight is 418 g/mol. The Kier molecular flexibility index (Phi) is 4.06. The van der Waals surface area contributed by atoms with Crippen LogP contribution < -0.4 is 0 Å². The fourth-order valence-electron chi connectivity index (χ4n) is 3.42. The minimum atomic E-state index is 0.960. The lowest BCUT2D eigenvalue weighted by atomic mass is 9.65. The van der Waals surface area contributed by atoms with Gasteiger partial charge in [0.15, 0.2) is 0 Å². The standard InChI is InChI=1S/C12H20I2/c1-7-3-9-10(11(13)5-7)4-8(2)6-12(9)14/h7-12H,3-6H2,1-2H3. The normalized spacial score (nSPS) is 54.0. The van der Waals surface area contributed by atoms with E-state index in [4.69, 9.17) is 0 Å². The Balaban J connectivity index is 2.10. The van der Waals surface area contributed by atoms with E-state index in [-0.39, 0.29) is 0 Å². The molecule has 2 aliphatic carbocycles. The third-order valence-electron chi connectivity index (χ3n) is 4.08. The molecule has 6 unspecified atom stereocenters. The van der Waals surface area contributed by atoms with Gasteiger partial charge in [0.25, 0.3) is 0 Å². The van der Waals surface area contributed by atoms with Gasteiger partial charge in [-0.15, -0.1) is 0 Å². The summed E-state index contributed by atoms with van der Waals surface area (Å²) in [7, 11) is 0. The summed E-state index contributed by atoms with van der Waals surface area (Å²) < 4.78 is 1.92. The number of alkyl halides is 2. The molecular formula is C12H20I2. The molecule has 2 fully saturated rings. The molecule has 0 saturated heterocycles. The molecule has 14 heavy (non-hydrogen) atoms. The highest BCUT2D eigenvalue weighted by atomic mass is 127.